The van der Waals surface area contributed by atoms with Crippen molar-refractivity contribution in [2.24, 2.45) is 0 Å². The van der Waals surface area contributed by atoms with Crippen molar-refractivity contribution in [1.29, 1.82) is 5.26 Å². The van der Waals surface area contributed by atoms with Crippen LogP contribution in [0.3, 0.4) is 0 Å². The molecule has 5 heteroatoms. The lowest BCUT2D eigenvalue weighted by atomic mass is 10.2. The lowest BCUT2D eigenvalue weighted by molar-refractivity contribution is -0.129. The van der Waals surface area contributed by atoms with Gasteiger partial charge in [0.25, 0.3) is 0 Å². The van der Waals surface area contributed by atoms with E-state index in [1.807, 2.05) is 37.3 Å². The molecule has 19 heavy (non-hydrogen) atoms. The topological polar surface area (TPSA) is 61.2 Å². The molecular weight excluding hydrogens is 260 g/mol. The average molecular weight is 278 g/mol. The molecule has 0 heterocycles. The fourth-order valence-corrected chi connectivity index (χ4v) is 2.73. The van der Waals surface area contributed by atoms with Gasteiger partial charge in [-0.1, -0.05) is 12.1 Å². The molecule has 0 N–H and O–H groups in total. The predicted octanol–water partition coefficient (Wildman–Crippen LogP) is 1.86. The first-order valence-electron chi connectivity index (χ1n) is 6.10. The SMILES string of the molecule is Cc1cccc(S(=O)CCC(=O)N(C)CCC#N)c1. The van der Waals surface area contributed by atoms with Crippen molar-refractivity contribution in [3.63, 3.8) is 0 Å². The van der Waals surface area contributed by atoms with E-state index in [0.717, 1.165) is 10.5 Å². The van der Waals surface area contributed by atoms with Gasteiger partial charge in [-0.25, -0.2) is 0 Å². The Hall–Kier alpha value is -1.67. The lowest BCUT2D eigenvalue weighted by Gasteiger charge is -2.15. The second kappa shape index (κ2) is 7.70. The Bertz CT molecular complexity index is 508. The van der Waals surface area contributed by atoms with Gasteiger partial charge in [-0.05, 0) is 24.6 Å². The average Bonchev–Trinajstić information content (AvgIpc) is 2.41. The number of carbonyl (C=O) groups is 1. The summed E-state index contributed by atoms with van der Waals surface area (Å²) in [5.74, 6) is 0.246. The molecule has 4 nitrogen and oxygen atoms in total. The van der Waals surface area contributed by atoms with Crippen molar-refractivity contribution < 1.29 is 9.00 Å². The Balaban J connectivity index is 2.46. The highest BCUT2D eigenvalue weighted by Crippen LogP contribution is 2.10. The van der Waals surface area contributed by atoms with E-state index in [0.29, 0.717) is 18.7 Å². The predicted molar refractivity (Wildman–Crippen MR) is 74.9 cm³/mol. The summed E-state index contributed by atoms with van der Waals surface area (Å²) < 4.78 is 12.0. The second-order valence-electron chi connectivity index (χ2n) is 4.34. The first-order valence-corrected chi connectivity index (χ1v) is 7.42. The van der Waals surface area contributed by atoms with Crippen LogP contribution in [0.1, 0.15) is 18.4 Å². The maximum atomic E-state index is 12.0. The third-order valence-corrected chi connectivity index (χ3v) is 4.09. The molecule has 102 valence electrons. The van der Waals surface area contributed by atoms with Crippen LogP contribution < -0.4 is 0 Å². The maximum Gasteiger partial charge on any atom is 0.223 e. The summed E-state index contributed by atoms with van der Waals surface area (Å²) in [5.41, 5.74) is 1.06. The molecule has 1 unspecified atom stereocenters. The highest BCUT2D eigenvalue weighted by molar-refractivity contribution is 7.85. The van der Waals surface area contributed by atoms with Gasteiger partial charge >= 0.3 is 0 Å². The van der Waals surface area contributed by atoms with E-state index in [9.17, 15) is 9.00 Å². The van der Waals surface area contributed by atoms with Gasteiger partial charge in [0.15, 0.2) is 0 Å². The number of hydrogen-bond donors (Lipinski definition) is 0. The zero-order chi connectivity index (χ0) is 14.3. The Morgan fingerprint density at radius 3 is 2.84 bits per heavy atom. The molecular formula is C14H18N2O2S. The minimum Gasteiger partial charge on any atom is -0.345 e. The molecule has 1 atom stereocenters. The number of hydrogen-bond acceptors (Lipinski definition) is 3. The van der Waals surface area contributed by atoms with Crippen molar-refractivity contribution >= 4 is 16.7 Å². The Labute approximate surface area is 116 Å². The highest BCUT2D eigenvalue weighted by atomic mass is 32.2. The van der Waals surface area contributed by atoms with Crippen LogP contribution in [0.2, 0.25) is 0 Å². The van der Waals surface area contributed by atoms with Gasteiger partial charge in [-0.3, -0.25) is 9.00 Å². The summed E-state index contributed by atoms with van der Waals surface area (Å²) in [5, 5.41) is 8.45. The van der Waals surface area contributed by atoms with Crippen LogP contribution in [0, 0.1) is 18.3 Å². The number of amides is 1. The van der Waals surface area contributed by atoms with E-state index in [4.69, 9.17) is 5.26 Å². The Morgan fingerprint density at radius 1 is 1.47 bits per heavy atom. The molecule has 1 aromatic carbocycles. The number of rotatable bonds is 6. The third-order valence-electron chi connectivity index (χ3n) is 2.74. The van der Waals surface area contributed by atoms with E-state index in [1.54, 1.807) is 7.05 Å². The molecule has 1 aromatic rings. The summed E-state index contributed by atoms with van der Waals surface area (Å²) in [7, 11) is 0.513. The summed E-state index contributed by atoms with van der Waals surface area (Å²) in [6, 6.07) is 9.49. The molecule has 0 saturated carbocycles. The van der Waals surface area contributed by atoms with Crippen LogP contribution in [0.4, 0.5) is 0 Å². The van der Waals surface area contributed by atoms with E-state index in [-0.39, 0.29) is 12.3 Å². The van der Waals surface area contributed by atoms with E-state index >= 15 is 0 Å². The molecule has 0 aromatic heterocycles. The molecule has 0 bridgehead atoms. The number of nitriles is 1. The molecule has 0 aliphatic carbocycles. The van der Waals surface area contributed by atoms with Crippen LogP contribution in [-0.2, 0) is 15.6 Å². The number of nitrogens with zero attached hydrogens (tertiary/aromatic N) is 2. The standard InChI is InChI=1S/C14H18N2O2S/c1-12-5-3-6-13(11-12)19(18)10-7-14(17)16(2)9-4-8-15/h3,5-6,11H,4,7,9-10H2,1-2H3. The number of carbonyl (C=O) groups excluding carboxylic acids is 1. The molecule has 0 saturated heterocycles. The van der Waals surface area contributed by atoms with Gasteiger partial charge in [0.2, 0.25) is 5.91 Å². The monoisotopic (exact) mass is 278 g/mol. The largest absolute Gasteiger partial charge is 0.345 e. The third kappa shape index (κ3) is 5.23. The first-order chi connectivity index (χ1) is 9.04. The summed E-state index contributed by atoms with van der Waals surface area (Å²) in [6.07, 6.45) is 0.561. The Kier molecular flexibility index (Phi) is 6.23. The van der Waals surface area contributed by atoms with Crippen molar-refractivity contribution in [3.8, 4) is 6.07 Å². The van der Waals surface area contributed by atoms with E-state index in [2.05, 4.69) is 0 Å². The fraction of sp³-hybridized carbons (Fsp3) is 0.429. The maximum absolute atomic E-state index is 12.0. The van der Waals surface area contributed by atoms with Crippen molar-refractivity contribution in [2.45, 2.75) is 24.7 Å². The molecule has 0 aliphatic heterocycles. The normalized spacial score (nSPS) is 11.6. The van der Waals surface area contributed by atoms with Gasteiger partial charge in [0, 0.05) is 30.7 Å². The van der Waals surface area contributed by atoms with E-state index in [1.165, 1.54) is 4.90 Å². The number of aryl methyl sites for hydroxylation is 1. The molecule has 0 spiro atoms. The van der Waals surface area contributed by atoms with Crippen LogP contribution in [0.25, 0.3) is 0 Å². The van der Waals surface area contributed by atoms with Crippen LogP contribution >= 0.6 is 0 Å². The zero-order valence-corrected chi connectivity index (χ0v) is 12.1. The lowest BCUT2D eigenvalue weighted by Crippen LogP contribution is -2.28. The molecule has 0 aliphatic rings. The smallest absolute Gasteiger partial charge is 0.223 e. The van der Waals surface area contributed by atoms with Gasteiger partial charge < -0.3 is 4.90 Å². The first kappa shape index (κ1) is 15.4. The minimum atomic E-state index is -1.15. The van der Waals surface area contributed by atoms with Gasteiger partial charge in [0.05, 0.1) is 23.3 Å². The van der Waals surface area contributed by atoms with Crippen LogP contribution in [-0.4, -0.2) is 34.4 Å². The summed E-state index contributed by atoms with van der Waals surface area (Å²) in [4.78, 5) is 14.0. The van der Waals surface area contributed by atoms with E-state index < -0.39 is 10.8 Å². The van der Waals surface area contributed by atoms with Crippen LogP contribution in [0.15, 0.2) is 29.2 Å². The second-order valence-corrected chi connectivity index (χ2v) is 5.91. The van der Waals surface area contributed by atoms with Gasteiger partial charge in [-0.15, -0.1) is 0 Å². The van der Waals surface area contributed by atoms with Gasteiger partial charge in [0.1, 0.15) is 0 Å². The molecule has 0 fully saturated rings. The van der Waals surface area contributed by atoms with Crippen molar-refractivity contribution in [2.75, 3.05) is 19.3 Å². The zero-order valence-electron chi connectivity index (χ0n) is 11.3. The summed E-state index contributed by atoms with van der Waals surface area (Å²) in [6.45, 7) is 2.37. The molecule has 0 radical (unpaired) electrons. The fourth-order valence-electron chi connectivity index (χ4n) is 1.59. The molecule has 1 amide bonds. The van der Waals surface area contributed by atoms with Gasteiger partial charge in [-0.2, -0.15) is 5.26 Å². The number of benzene rings is 1. The molecule has 1 rings (SSSR count). The van der Waals surface area contributed by atoms with Crippen molar-refractivity contribution in [1.82, 2.24) is 4.90 Å². The minimum absolute atomic E-state index is 0.0729. The summed E-state index contributed by atoms with van der Waals surface area (Å²) >= 11 is 0. The van der Waals surface area contributed by atoms with Crippen LogP contribution in [0.5, 0.6) is 0 Å². The highest BCUT2D eigenvalue weighted by Gasteiger charge is 2.11. The van der Waals surface area contributed by atoms with Crippen molar-refractivity contribution in [3.05, 3.63) is 29.8 Å². The quantitative estimate of drug-likeness (QED) is 0.798. The Morgan fingerprint density at radius 2 is 2.21 bits per heavy atom.